The summed E-state index contributed by atoms with van der Waals surface area (Å²) in [7, 11) is -2.31. The van der Waals surface area contributed by atoms with E-state index in [1.807, 2.05) is 17.5 Å². The molecule has 0 fully saturated rings. The number of hydrogen-bond donors (Lipinski definition) is 0. The number of sulfonamides is 1. The van der Waals surface area contributed by atoms with Gasteiger partial charge in [0.25, 0.3) is 0 Å². The molecule has 0 aliphatic rings. The number of rotatable bonds is 5. The number of nitrogens with zero attached hydrogens (tertiary/aromatic N) is 4. The van der Waals surface area contributed by atoms with E-state index in [1.165, 1.54) is 18.4 Å². The van der Waals surface area contributed by atoms with Crippen LogP contribution in [0.15, 0.2) is 31.5 Å². The molecule has 0 N–H and O–H groups in total. The van der Waals surface area contributed by atoms with Gasteiger partial charge < -0.3 is 9.05 Å². The molecule has 0 atom stereocenters. The van der Waals surface area contributed by atoms with Crippen molar-refractivity contribution in [3.05, 3.63) is 34.9 Å². The first kappa shape index (κ1) is 15.8. The van der Waals surface area contributed by atoms with Crippen molar-refractivity contribution in [1.82, 2.24) is 19.6 Å². The SMILES string of the molecule is Cc1noc(C)c1S(=O)(=O)N(C)Cc1nc(-c2cccs2)no1. The summed E-state index contributed by atoms with van der Waals surface area (Å²) in [5, 5.41) is 9.44. The van der Waals surface area contributed by atoms with E-state index >= 15 is 0 Å². The average molecular weight is 354 g/mol. The highest BCUT2D eigenvalue weighted by Gasteiger charge is 2.29. The lowest BCUT2D eigenvalue weighted by Gasteiger charge is -2.14. The second-order valence-corrected chi connectivity index (χ2v) is 7.83. The molecule has 0 spiro atoms. The second kappa shape index (κ2) is 5.87. The molecule has 8 nitrogen and oxygen atoms in total. The molecule has 0 radical (unpaired) electrons. The molecule has 0 aromatic carbocycles. The van der Waals surface area contributed by atoms with Crippen molar-refractivity contribution in [1.29, 1.82) is 0 Å². The van der Waals surface area contributed by atoms with Gasteiger partial charge in [-0.25, -0.2) is 8.42 Å². The monoisotopic (exact) mass is 354 g/mol. The highest BCUT2D eigenvalue weighted by molar-refractivity contribution is 7.89. The summed E-state index contributed by atoms with van der Waals surface area (Å²) in [6.07, 6.45) is 0. The molecule has 0 aliphatic heterocycles. The molecule has 0 bridgehead atoms. The van der Waals surface area contributed by atoms with Gasteiger partial charge in [0.05, 0.1) is 11.4 Å². The molecule has 0 aliphatic carbocycles. The fourth-order valence-electron chi connectivity index (χ4n) is 2.10. The van der Waals surface area contributed by atoms with Crippen LogP contribution in [0.2, 0.25) is 0 Å². The van der Waals surface area contributed by atoms with E-state index in [1.54, 1.807) is 13.8 Å². The van der Waals surface area contributed by atoms with Gasteiger partial charge in [0.2, 0.25) is 21.7 Å². The summed E-state index contributed by atoms with van der Waals surface area (Å²) in [6, 6.07) is 3.74. The molecule has 3 aromatic rings. The van der Waals surface area contributed by atoms with Crippen molar-refractivity contribution in [2.45, 2.75) is 25.3 Å². The van der Waals surface area contributed by atoms with Crippen LogP contribution in [0, 0.1) is 13.8 Å². The Morgan fingerprint density at radius 3 is 2.65 bits per heavy atom. The van der Waals surface area contributed by atoms with Gasteiger partial charge >= 0.3 is 0 Å². The van der Waals surface area contributed by atoms with Gasteiger partial charge in [0.15, 0.2) is 5.76 Å². The zero-order valence-corrected chi connectivity index (χ0v) is 14.3. The lowest BCUT2D eigenvalue weighted by Crippen LogP contribution is -2.27. The maximum absolute atomic E-state index is 12.6. The Hall–Kier alpha value is -2.04. The van der Waals surface area contributed by atoms with Crippen LogP contribution in [0.1, 0.15) is 17.3 Å². The molecular weight excluding hydrogens is 340 g/mol. The quantitative estimate of drug-likeness (QED) is 0.692. The van der Waals surface area contributed by atoms with Gasteiger partial charge in [-0.15, -0.1) is 11.3 Å². The normalized spacial score (nSPS) is 12.2. The smallest absolute Gasteiger partial charge is 0.248 e. The maximum Gasteiger partial charge on any atom is 0.248 e. The highest BCUT2D eigenvalue weighted by atomic mass is 32.2. The minimum absolute atomic E-state index is 0.0369. The van der Waals surface area contributed by atoms with Gasteiger partial charge in [-0.1, -0.05) is 16.4 Å². The van der Waals surface area contributed by atoms with Crippen LogP contribution in [0.5, 0.6) is 0 Å². The Labute approximate surface area is 136 Å². The minimum Gasteiger partial charge on any atom is -0.360 e. The van der Waals surface area contributed by atoms with Crippen LogP contribution in [-0.4, -0.2) is 35.1 Å². The molecule has 23 heavy (non-hydrogen) atoms. The third-order valence-electron chi connectivity index (χ3n) is 3.20. The summed E-state index contributed by atoms with van der Waals surface area (Å²) < 4.78 is 36.4. The van der Waals surface area contributed by atoms with Crippen molar-refractivity contribution >= 4 is 21.4 Å². The Balaban J connectivity index is 1.83. The lowest BCUT2D eigenvalue weighted by atomic mass is 10.4. The molecule has 122 valence electrons. The summed E-state index contributed by atoms with van der Waals surface area (Å²) in [5.41, 5.74) is 0.319. The van der Waals surface area contributed by atoms with E-state index in [2.05, 4.69) is 15.3 Å². The average Bonchev–Trinajstić information content (AvgIpc) is 3.20. The molecule has 3 heterocycles. The molecule has 3 aromatic heterocycles. The van der Waals surface area contributed by atoms with E-state index < -0.39 is 10.0 Å². The largest absolute Gasteiger partial charge is 0.360 e. The van der Waals surface area contributed by atoms with Crippen LogP contribution in [0.3, 0.4) is 0 Å². The van der Waals surface area contributed by atoms with E-state index in [0.29, 0.717) is 11.5 Å². The third kappa shape index (κ3) is 2.92. The minimum atomic E-state index is -3.75. The summed E-state index contributed by atoms with van der Waals surface area (Å²) >= 11 is 1.48. The van der Waals surface area contributed by atoms with Crippen LogP contribution in [0.4, 0.5) is 0 Å². The van der Waals surface area contributed by atoms with E-state index in [9.17, 15) is 8.42 Å². The van der Waals surface area contributed by atoms with Crippen molar-refractivity contribution in [2.24, 2.45) is 0 Å². The van der Waals surface area contributed by atoms with Crippen molar-refractivity contribution in [3.63, 3.8) is 0 Å². The number of thiophene rings is 1. The first-order chi connectivity index (χ1) is 10.9. The zero-order valence-electron chi connectivity index (χ0n) is 12.7. The van der Waals surface area contributed by atoms with Crippen LogP contribution in [0.25, 0.3) is 10.7 Å². The number of hydrogen-bond acceptors (Lipinski definition) is 8. The van der Waals surface area contributed by atoms with Gasteiger partial charge in [-0.05, 0) is 25.3 Å². The predicted octanol–water partition coefficient (Wildman–Crippen LogP) is 2.22. The summed E-state index contributed by atoms with van der Waals surface area (Å²) in [4.78, 5) is 5.15. The lowest BCUT2D eigenvalue weighted by molar-refractivity contribution is 0.336. The topological polar surface area (TPSA) is 102 Å². The molecule has 10 heteroatoms. The maximum atomic E-state index is 12.6. The summed E-state index contributed by atoms with van der Waals surface area (Å²) in [5.74, 6) is 0.906. The van der Waals surface area contributed by atoms with E-state index in [0.717, 1.165) is 9.18 Å². The van der Waals surface area contributed by atoms with Crippen LogP contribution >= 0.6 is 11.3 Å². The first-order valence-electron chi connectivity index (χ1n) is 6.65. The molecule has 0 amide bonds. The second-order valence-electron chi connectivity index (χ2n) is 4.90. The van der Waals surface area contributed by atoms with Gasteiger partial charge in [0, 0.05) is 7.05 Å². The summed E-state index contributed by atoms with van der Waals surface area (Å²) in [6.45, 7) is 3.10. The zero-order chi connectivity index (χ0) is 16.6. The van der Waals surface area contributed by atoms with E-state index in [-0.39, 0.29) is 23.1 Å². The van der Waals surface area contributed by atoms with Gasteiger partial charge in [-0.3, -0.25) is 0 Å². The predicted molar refractivity (Wildman–Crippen MR) is 82.2 cm³/mol. The standard InChI is InChI=1S/C13H14N4O4S2/c1-8-12(9(2)20-15-8)23(18,19)17(3)7-11-14-13(16-21-11)10-5-4-6-22-10/h4-6H,7H2,1-3H3. The van der Waals surface area contributed by atoms with E-state index in [4.69, 9.17) is 9.05 Å². The fourth-order valence-corrected chi connectivity index (χ4v) is 4.15. The van der Waals surface area contributed by atoms with Crippen molar-refractivity contribution in [3.8, 4) is 10.7 Å². The molecular formula is C13H14N4O4S2. The number of aromatic nitrogens is 3. The molecule has 3 rings (SSSR count). The molecule has 0 saturated heterocycles. The van der Waals surface area contributed by atoms with Crippen LogP contribution in [-0.2, 0) is 16.6 Å². The fraction of sp³-hybridized carbons (Fsp3) is 0.308. The Morgan fingerprint density at radius 2 is 2.04 bits per heavy atom. The Kier molecular flexibility index (Phi) is 4.04. The molecule has 0 unspecified atom stereocenters. The van der Waals surface area contributed by atoms with Crippen molar-refractivity contribution < 1.29 is 17.5 Å². The third-order valence-corrected chi connectivity index (χ3v) is 6.12. The Morgan fingerprint density at radius 1 is 1.26 bits per heavy atom. The van der Waals surface area contributed by atoms with Gasteiger partial charge in [0.1, 0.15) is 10.6 Å². The van der Waals surface area contributed by atoms with Gasteiger partial charge in [-0.2, -0.15) is 9.29 Å². The van der Waals surface area contributed by atoms with Crippen molar-refractivity contribution in [2.75, 3.05) is 7.05 Å². The molecule has 0 saturated carbocycles. The highest BCUT2D eigenvalue weighted by Crippen LogP contribution is 2.25. The Bertz CT molecular complexity index is 892. The van der Waals surface area contributed by atoms with Crippen LogP contribution < -0.4 is 0 Å². The number of aryl methyl sites for hydroxylation is 2. The first-order valence-corrected chi connectivity index (χ1v) is 8.97.